The Morgan fingerprint density at radius 2 is 1.76 bits per heavy atom. The lowest BCUT2D eigenvalue weighted by atomic mass is 10.0. The SMILES string of the molecule is COc1ccc(Cn2nnnc2CCCC(=O)NC2CCN(C(=O)OCc3cc(Cl)cc(Cl)c3)CC2)cc1. The summed E-state index contributed by atoms with van der Waals surface area (Å²) in [6.45, 7) is 1.67. The molecule has 2 heterocycles. The highest BCUT2D eigenvalue weighted by molar-refractivity contribution is 6.34. The molecule has 0 radical (unpaired) electrons. The molecule has 0 aliphatic carbocycles. The molecule has 202 valence electrons. The van der Waals surface area contributed by atoms with Crippen LogP contribution in [0.15, 0.2) is 42.5 Å². The van der Waals surface area contributed by atoms with Crippen LogP contribution in [-0.4, -0.2) is 63.3 Å². The van der Waals surface area contributed by atoms with Crippen LogP contribution in [0.1, 0.15) is 42.6 Å². The van der Waals surface area contributed by atoms with Crippen LogP contribution in [-0.2, 0) is 29.1 Å². The van der Waals surface area contributed by atoms with Crippen LogP contribution in [0.25, 0.3) is 0 Å². The van der Waals surface area contributed by atoms with Crippen molar-refractivity contribution < 1.29 is 19.1 Å². The lowest BCUT2D eigenvalue weighted by molar-refractivity contribution is -0.122. The van der Waals surface area contributed by atoms with E-state index in [-0.39, 0.29) is 18.6 Å². The van der Waals surface area contributed by atoms with Gasteiger partial charge in [-0.1, -0.05) is 35.3 Å². The number of aromatic nitrogens is 4. The van der Waals surface area contributed by atoms with E-state index in [9.17, 15) is 9.59 Å². The summed E-state index contributed by atoms with van der Waals surface area (Å²) in [5, 5.41) is 16.0. The number of benzene rings is 2. The average Bonchev–Trinajstić information content (AvgIpc) is 3.34. The number of hydrogen-bond donors (Lipinski definition) is 1. The predicted octanol–water partition coefficient (Wildman–Crippen LogP) is 4.28. The molecule has 12 heteroatoms. The minimum absolute atomic E-state index is 0.0157. The average molecular weight is 561 g/mol. The molecule has 0 spiro atoms. The van der Waals surface area contributed by atoms with Crippen molar-refractivity contribution in [3.63, 3.8) is 0 Å². The van der Waals surface area contributed by atoms with Crippen LogP contribution in [0.2, 0.25) is 10.0 Å². The lowest BCUT2D eigenvalue weighted by Crippen LogP contribution is -2.46. The third-order valence-electron chi connectivity index (χ3n) is 6.30. The zero-order valence-corrected chi connectivity index (χ0v) is 22.6. The quantitative estimate of drug-likeness (QED) is 0.394. The number of halogens is 2. The van der Waals surface area contributed by atoms with Crippen molar-refractivity contribution in [3.05, 3.63) is 69.5 Å². The van der Waals surface area contributed by atoms with Gasteiger partial charge in [0, 0.05) is 42.0 Å². The van der Waals surface area contributed by atoms with E-state index < -0.39 is 6.09 Å². The topological polar surface area (TPSA) is 111 Å². The zero-order valence-electron chi connectivity index (χ0n) is 21.1. The maximum atomic E-state index is 12.5. The van der Waals surface area contributed by atoms with Crippen LogP contribution in [0.3, 0.4) is 0 Å². The summed E-state index contributed by atoms with van der Waals surface area (Å²) in [5.41, 5.74) is 1.79. The highest BCUT2D eigenvalue weighted by Gasteiger charge is 2.25. The van der Waals surface area contributed by atoms with Crippen molar-refractivity contribution >= 4 is 35.2 Å². The number of nitrogens with zero attached hydrogens (tertiary/aromatic N) is 5. The number of nitrogens with one attached hydrogen (secondary N) is 1. The number of methoxy groups -OCH3 is 1. The Kier molecular flexibility index (Phi) is 9.78. The molecule has 1 N–H and O–H groups in total. The number of carbonyl (C=O) groups is 2. The smallest absolute Gasteiger partial charge is 0.410 e. The van der Waals surface area contributed by atoms with Crippen LogP contribution in [0.4, 0.5) is 4.79 Å². The van der Waals surface area contributed by atoms with Gasteiger partial charge in [0.15, 0.2) is 5.82 Å². The number of amides is 2. The first-order valence-corrected chi connectivity index (χ1v) is 13.2. The van der Waals surface area contributed by atoms with Gasteiger partial charge < -0.3 is 19.7 Å². The molecule has 0 saturated carbocycles. The van der Waals surface area contributed by atoms with Gasteiger partial charge in [-0.05, 0) is 71.1 Å². The summed E-state index contributed by atoms with van der Waals surface area (Å²) < 4.78 is 12.3. The molecule has 0 atom stereocenters. The van der Waals surface area contributed by atoms with Crippen LogP contribution in [0.5, 0.6) is 5.75 Å². The van der Waals surface area contributed by atoms with E-state index in [1.54, 1.807) is 34.9 Å². The van der Waals surface area contributed by atoms with Crippen molar-refractivity contribution in [3.8, 4) is 5.75 Å². The summed E-state index contributed by atoms with van der Waals surface area (Å²) in [4.78, 5) is 26.6. The fourth-order valence-electron chi connectivity index (χ4n) is 4.27. The maximum absolute atomic E-state index is 12.5. The minimum atomic E-state index is -0.391. The summed E-state index contributed by atoms with van der Waals surface area (Å²) >= 11 is 12.0. The van der Waals surface area contributed by atoms with E-state index in [2.05, 4.69) is 20.8 Å². The molecule has 38 heavy (non-hydrogen) atoms. The van der Waals surface area contributed by atoms with Gasteiger partial charge in [-0.15, -0.1) is 5.10 Å². The van der Waals surface area contributed by atoms with Crippen LogP contribution >= 0.6 is 23.2 Å². The molecule has 10 nitrogen and oxygen atoms in total. The fraction of sp³-hybridized carbons (Fsp3) is 0.423. The van der Waals surface area contributed by atoms with E-state index in [1.807, 2.05) is 24.3 Å². The maximum Gasteiger partial charge on any atom is 0.410 e. The Labute approximate surface area is 231 Å². The van der Waals surface area contributed by atoms with Crippen LogP contribution < -0.4 is 10.1 Å². The third-order valence-corrected chi connectivity index (χ3v) is 6.74. The summed E-state index contributed by atoms with van der Waals surface area (Å²) in [5.74, 6) is 1.51. The predicted molar refractivity (Wildman–Crippen MR) is 142 cm³/mol. The summed E-state index contributed by atoms with van der Waals surface area (Å²) in [6, 6.07) is 12.8. The summed E-state index contributed by atoms with van der Waals surface area (Å²) in [7, 11) is 1.63. The van der Waals surface area contributed by atoms with E-state index in [1.165, 1.54) is 0 Å². The summed E-state index contributed by atoms with van der Waals surface area (Å²) in [6.07, 6.45) is 2.55. The molecule has 1 aromatic heterocycles. The monoisotopic (exact) mass is 560 g/mol. The molecule has 0 bridgehead atoms. The number of likely N-dealkylation sites (tertiary alicyclic amines) is 1. The van der Waals surface area contributed by atoms with Gasteiger partial charge in [0.2, 0.25) is 5.91 Å². The second kappa shape index (κ2) is 13.4. The normalized spacial score (nSPS) is 13.8. The van der Waals surface area contributed by atoms with Gasteiger partial charge >= 0.3 is 6.09 Å². The second-order valence-corrected chi connectivity index (χ2v) is 9.99. The molecule has 2 amide bonds. The number of hydrogen-bond acceptors (Lipinski definition) is 7. The van der Waals surface area contributed by atoms with Gasteiger partial charge in [0.25, 0.3) is 0 Å². The Hall–Kier alpha value is -3.37. The van der Waals surface area contributed by atoms with Gasteiger partial charge in [-0.3, -0.25) is 4.79 Å². The second-order valence-electron chi connectivity index (χ2n) is 9.12. The van der Waals surface area contributed by atoms with Crippen molar-refractivity contribution in [2.75, 3.05) is 20.2 Å². The molecule has 4 rings (SSSR count). The number of piperidine rings is 1. The molecule has 3 aromatic rings. The lowest BCUT2D eigenvalue weighted by Gasteiger charge is -2.31. The minimum Gasteiger partial charge on any atom is -0.497 e. The number of carbonyl (C=O) groups excluding carboxylic acids is 2. The molecule has 1 aliphatic heterocycles. The van der Waals surface area contributed by atoms with E-state index in [4.69, 9.17) is 32.7 Å². The Bertz CT molecular complexity index is 1210. The zero-order chi connectivity index (χ0) is 26.9. The van der Waals surface area contributed by atoms with Crippen molar-refractivity contribution in [2.24, 2.45) is 0 Å². The Morgan fingerprint density at radius 3 is 2.45 bits per heavy atom. The Morgan fingerprint density at radius 1 is 1.05 bits per heavy atom. The first-order chi connectivity index (χ1) is 18.4. The van der Waals surface area contributed by atoms with Gasteiger partial charge in [0.05, 0.1) is 13.7 Å². The number of ether oxygens (including phenoxy) is 2. The fourth-order valence-corrected chi connectivity index (χ4v) is 4.84. The molecule has 1 aliphatic rings. The first-order valence-electron chi connectivity index (χ1n) is 12.4. The first kappa shape index (κ1) is 27.7. The molecule has 0 unspecified atom stereocenters. The van der Waals surface area contributed by atoms with E-state index in [0.29, 0.717) is 61.8 Å². The molecule has 1 fully saturated rings. The number of tetrazole rings is 1. The van der Waals surface area contributed by atoms with E-state index in [0.717, 1.165) is 22.7 Å². The van der Waals surface area contributed by atoms with Gasteiger partial charge in [0.1, 0.15) is 12.4 Å². The van der Waals surface area contributed by atoms with Crippen molar-refractivity contribution in [1.82, 2.24) is 30.4 Å². The standard InChI is InChI=1S/C26H30Cl2N6O4/c1-37-23-7-5-18(6-8-23)16-34-24(30-31-32-34)3-2-4-25(35)29-22-9-11-33(12-10-22)26(36)38-17-19-13-20(27)15-21(28)14-19/h5-8,13-15,22H,2-4,9-12,16-17H2,1H3,(H,29,35). The van der Waals surface area contributed by atoms with E-state index >= 15 is 0 Å². The van der Waals surface area contributed by atoms with Crippen molar-refractivity contribution in [1.29, 1.82) is 0 Å². The van der Waals surface area contributed by atoms with Gasteiger partial charge in [-0.2, -0.15) is 0 Å². The Balaban J connectivity index is 1.14. The highest BCUT2D eigenvalue weighted by atomic mass is 35.5. The number of aryl methyl sites for hydroxylation is 1. The number of rotatable bonds is 10. The van der Waals surface area contributed by atoms with Gasteiger partial charge in [-0.25, -0.2) is 9.48 Å². The molecular formula is C26H30Cl2N6O4. The molecule has 1 saturated heterocycles. The third kappa shape index (κ3) is 8.06. The largest absolute Gasteiger partial charge is 0.497 e. The molecular weight excluding hydrogens is 531 g/mol. The van der Waals surface area contributed by atoms with Crippen molar-refractivity contribution in [2.45, 2.75) is 51.3 Å². The highest BCUT2D eigenvalue weighted by Crippen LogP contribution is 2.20. The van der Waals surface area contributed by atoms with Crippen LogP contribution in [0, 0.1) is 0 Å². The molecule has 2 aromatic carbocycles.